The molecule has 0 atom stereocenters. The number of aliphatic carboxylic acids is 1. The van der Waals surface area contributed by atoms with Gasteiger partial charge in [-0.2, -0.15) is 0 Å². The van der Waals surface area contributed by atoms with Crippen LogP contribution in [0, 0.1) is 12.8 Å². The van der Waals surface area contributed by atoms with E-state index in [2.05, 4.69) is 15.5 Å². The number of anilines is 1. The number of hydrogen-bond donors (Lipinski definition) is 2. The molecule has 1 aromatic rings. The van der Waals surface area contributed by atoms with Crippen molar-refractivity contribution in [2.24, 2.45) is 5.92 Å². The molecule has 1 heterocycles. The van der Waals surface area contributed by atoms with Crippen molar-refractivity contribution < 1.29 is 14.7 Å². The van der Waals surface area contributed by atoms with Crippen LogP contribution in [0.1, 0.15) is 17.8 Å². The Hall–Kier alpha value is -1.70. The summed E-state index contributed by atoms with van der Waals surface area (Å²) in [6.45, 7) is 1.97. The van der Waals surface area contributed by atoms with Gasteiger partial charge in [-0.1, -0.05) is 11.3 Å². The normalized spacial score (nSPS) is 14.3. The van der Waals surface area contributed by atoms with E-state index in [-0.39, 0.29) is 6.54 Å². The first-order valence-electron chi connectivity index (χ1n) is 5.62. The highest BCUT2D eigenvalue weighted by Gasteiger charge is 2.28. The highest BCUT2D eigenvalue weighted by molar-refractivity contribution is 7.15. The zero-order chi connectivity index (χ0) is 13.1. The Balaban J connectivity index is 1.95. The van der Waals surface area contributed by atoms with Gasteiger partial charge in [0.2, 0.25) is 5.13 Å². The topological polar surface area (TPSA) is 95.4 Å². The van der Waals surface area contributed by atoms with Gasteiger partial charge >= 0.3 is 12.0 Å². The molecule has 1 aliphatic rings. The summed E-state index contributed by atoms with van der Waals surface area (Å²) in [6, 6.07) is -0.430. The minimum absolute atomic E-state index is 0.292. The number of carboxylic acids is 1. The van der Waals surface area contributed by atoms with Crippen molar-refractivity contribution in [2.75, 3.05) is 18.4 Å². The SMILES string of the molecule is Cc1nnc(NC(=O)N(CC(=O)O)CC2CC2)s1. The lowest BCUT2D eigenvalue weighted by Crippen LogP contribution is -2.40. The number of carbonyl (C=O) groups excluding carboxylic acids is 1. The van der Waals surface area contributed by atoms with Crippen LogP contribution < -0.4 is 5.32 Å². The third-order valence-corrected chi connectivity index (χ3v) is 3.28. The third-order valence-electron chi connectivity index (χ3n) is 2.53. The summed E-state index contributed by atoms with van der Waals surface area (Å²) in [6.07, 6.45) is 2.11. The Morgan fingerprint density at radius 3 is 2.72 bits per heavy atom. The molecule has 1 aromatic heterocycles. The smallest absolute Gasteiger partial charge is 0.324 e. The van der Waals surface area contributed by atoms with E-state index in [0.29, 0.717) is 17.6 Å². The largest absolute Gasteiger partial charge is 0.480 e. The first-order valence-corrected chi connectivity index (χ1v) is 6.44. The number of carboxylic acid groups (broad SMARTS) is 1. The van der Waals surface area contributed by atoms with Gasteiger partial charge in [-0.05, 0) is 25.7 Å². The molecule has 0 bridgehead atoms. The number of hydrogen-bond acceptors (Lipinski definition) is 5. The van der Waals surface area contributed by atoms with Crippen LogP contribution in [0.25, 0.3) is 0 Å². The molecule has 0 radical (unpaired) electrons. The minimum atomic E-state index is -1.01. The summed E-state index contributed by atoms with van der Waals surface area (Å²) in [5.74, 6) is -0.578. The van der Waals surface area contributed by atoms with Crippen molar-refractivity contribution >= 4 is 28.5 Å². The average Bonchev–Trinajstić information content (AvgIpc) is 3.00. The second-order valence-electron chi connectivity index (χ2n) is 4.27. The maximum absolute atomic E-state index is 11.9. The van der Waals surface area contributed by atoms with Gasteiger partial charge in [0.15, 0.2) is 0 Å². The Bertz CT molecular complexity index is 458. The van der Waals surface area contributed by atoms with Crippen LogP contribution in [-0.2, 0) is 4.79 Å². The molecule has 18 heavy (non-hydrogen) atoms. The van der Waals surface area contributed by atoms with Gasteiger partial charge in [-0.25, -0.2) is 4.79 Å². The number of aromatic nitrogens is 2. The van der Waals surface area contributed by atoms with Crippen molar-refractivity contribution in [2.45, 2.75) is 19.8 Å². The Morgan fingerprint density at radius 1 is 1.50 bits per heavy atom. The number of amides is 2. The first-order chi connectivity index (χ1) is 8.54. The number of rotatable bonds is 5. The summed E-state index contributed by atoms with van der Waals surface area (Å²) in [4.78, 5) is 23.9. The standard InChI is InChI=1S/C10H14N4O3S/c1-6-12-13-9(18-6)11-10(17)14(5-8(15)16)4-7-2-3-7/h7H,2-5H2,1H3,(H,15,16)(H,11,13,17). The van der Waals surface area contributed by atoms with E-state index in [4.69, 9.17) is 5.11 Å². The van der Waals surface area contributed by atoms with Gasteiger partial charge < -0.3 is 10.0 Å². The van der Waals surface area contributed by atoms with Crippen molar-refractivity contribution in [1.29, 1.82) is 0 Å². The van der Waals surface area contributed by atoms with E-state index in [9.17, 15) is 9.59 Å². The fraction of sp³-hybridized carbons (Fsp3) is 0.600. The molecule has 2 N–H and O–H groups in total. The second kappa shape index (κ2) is 5.30. The van der Waals surface area contributed by atoms with Gasteiger partial charge in [-0.3, -0.25) is 10.1 Å². The summed E-state index contributed by atoms with van der Waals surface area (Å²) < 4.78 is 0. The number of carbonyl (C=O) groups is 2. The van der Waals surface area contributed by atoms with E-state index in [1.807, 2.05) is 0 Å². The molecule has 0 aromatic carbocycles. The fourth-order valence-electron chi connectivity index (χ4n) is 1.51. The maximum atomic E-state index is 11.9. The van der Waals surface area contributed by atoms with Crippen LogP contribution in [0.3, 0.4) is 0 Å². The molecular formula is C10H14N4O3S. The summed E-state index contributed by atoms with van der Waals surface area (Å²) in [5, 5.41) is 20.1. The molecular weight excluding hydrogens is 256 g/mol. The lowest BCUT2D eigenvalue weighted by Gasteiger charge is -2.19. The first kappa shape index (κ1) is 12.7. The number of aryl methyl sites for hydroxylation is 1. The van der Waals surface area contributed by atoms with Crippen molar-refractivity contribution in [3.8, 4) is 0 Å². The van der Waals surface area contributed by atoms with Crippen LogP contribution in [0.15, 0.2) is 0 Å². The van der Waals surface area contributed by atoms with Gasteiger partial charge in [0.25, 0.3) is 0 Å². The van der Waals surface area contributed by atoms with E-state index in [1.54, 1.807) is 6.92 Å². The minimum Gasteiger partial charge on any atom is -0.480 e. The molecule has 0 saturated heterocycles. The lowest BCUT2D eigenvalue weighted by molar-refractivity contribution is -0.137. The fourth-order valence-corrected chi connectivity index (χ4v) is 2.09. The zero-order valence-corrected chi connectivity index (χ0v) is 10.7. The Labute approximate surface area is 108 Å². The Kier molecular flexibility index (Phi) is 3.75. The van der Waals surface area contributed by atoms with Crippen LogP contribution in [0.4, 0.5) is 9.93 Å². The van der Waals surface area contributed by atoms with E-state index >= 15 is 0 Å². The van der Waals surface area contributed by atoms with Gasteiger partial charge in [0.1, 0.15) is 11.6 Å². The molecule has 1 saturated carbocycles. The highest BCUT2D eigenvalue weighted by atomic mass is 32.1. The molecule has 8 heteroatoms. The third kappa shape index (κ3) is 3.66. The van der Waals surface area contributed by atoms with Crippen LogP contribution in [0.5, 0.6) is 0 Å². The molecule has 0 aliphatic heterocycles. The lowest BCUT2D eigenvalue weighted by atomic mass is 10.4. The molecule has 2 rings (SSSR count). The number of nitrogens with one attached hydrogen (secondary N) is 1. The quantitative estimate of drug-likeness (QED) is 0.837. The molecule has 98 valence electrons. The molecule has 0 spiro atoms. The predicted octanol–water partition coefficient (Wildman–Crippen LogP) is 1.18. The molecule has 7 nitrogen and oxygen atoms in total. The van der Waals surface area contributed by atoms with Crippen molar-refractivity contribution in [1.82, 2.24) is 15.1 Å². The average molecular weight is 270 g/mol. The summed E-state index contributed by atoms with van der Waals surface area (Å²) >= 11 is 1.26. The van der Waals surface area contributed by atoms with Crippen LogP contribution >= 0.6 is 11.3 Å². The molecule has 1 fully saturated rings. The van der Waals surface area contributed by atoms with Gasteiger partial charge in [-0.15, -0.1) is 10.2 Å². The second-order valence-corrected chi connectivity index (χ2v) is 5.46. The van der Waals surface area contributed by atoms with Crippen molar-refractivity contribution in [3.05, 3.63) is 5.01 Å². The maximum Gasteiger partial charge on any atom is 0.324 e. The summed E-state index contributed by atoms with van der Waals surface area (Å²) in [7, 11) is 0. The van der Waals surface area contributed by atoms with E-state index < -0.39 is 12.0 Å². The summed E-state index contributed by atoms with van der Waals surface area (Å²) in [5.41, 5.74) is 0. The van der Waals surface area contributed by atoms with Crippen molar-refractivity contribution in [3.63, 3.8) is 0 Å². The monoisotopic (exact) mass is 270 g/mol. The number of nitrogens with zero attached hydrogens (tertiary/aromatic N) is 3. The van der Waals surface area contributed by atoms with Gasteiger partial charge in [0, 0.05) is 6.54 Å². The highest BCUT2D eigenvalue weighted by Crippen LogP contribution is 2.29. The van der Waals surface area contributed by atoms with Crippen LogP contribution in [-0.4, -0.2) is 45.3 Å². The Morgan fingerprint density at radius 2 is 2.22 bits per heavy atom. The van der Waals surface area contributed by atoms with E-state index in [1.165, 1.54) is 16.2 Å². The molecule has 0 unspecified atom stereocenters. The zero-order valence-electron chi connectivity index (χ0n) is 9.92. The molecule has 1 aliphatic carbocycles. The molecule has 2 amide bonds. The van der Waals surface area contributed by atoms with E-state index in [0.717, 1.165) is 17.8 Å². The van der Waals surface area contributed by atoms with Gasteiger partial charge in [0.05, 0.1) is 0 Å². The predicted molar refractivity (Wildman–Crippen MR) is 65.6 cm³/mol. The van der Waals surface area contributed by atoms with Crippen LogP contribution in [0.2, 0.25) is 0 Å². The number of urea groups is 1.